The highest BCUT2D eigenvalue weighted by Gasteiger charge is 2.04. The molecule has 82 valence electrons. The molecule has 1 aromatic carbocycles. The Morgan fingerprint density at radius 3 is 2.50 bits per heavy atom. The van der Waals surface area contributed by atoms with E-state index >= 15 is 0 Å². The number of anilines is 2. The summed E-state index contributed by atoms with van der Waals surface area (Å²) < 4.78 is 13.0. The summed E-state index contributed by atoms with van der Waals surface area (Å²) in [6.45, 7) is 0. The number of nitrogens with one attached hydrogen (secondary N) is 1. The normalized spacial score (nSPS) is 10.2. The van der Waals surface area contributed by atoms with Gasteiger partial charge < -0.3 is 5.32 Å². The number of nitrogens with zero attached hydrogens (tertiary/aromatic N) is 2. The quantitative estimate of drug-likeness (QED) is 0.893. The van der Waals surface area contributed by atoms with E-state index in [0.29, 0.717) is 16.5 Å². The molecule has 0 radical (unpaired) electrons. The summed E-state index contributed by atoms with van der Waals surface area (Å²) in [5.41, 5.74) is 0.465. The lowest BCUT2D eigenvalue weighted by Crippen LogP contribution is -1.96. The zero-order chi connectivity index (χ0) is 11.5. The average molecular weight is 258 g/mol. The topological polar surface area (TPSA) is 37.8 Å². The van der Waals surface area contributed by atoms with Crippen LogP contribution in [-0.2, 0) is 0 Å². The Labute approximate surface area is 101 Å². The van der Waals surface area contributed by atoms with Gasteiger partial charge in [-0.1, -0.05) is 23.2 Å². The third-order valence-corrected chi connectivity index (χ3v) is 2.27. The van der Waals surface area contributed by atoms with Gasteiger partial charge in [-0.2, -0.15) is 0 Å². The molecule has 0 saturated carbocycles. The van der Waals surface area contributed by atoms with E-state index in [4.69, 9.17) is 23.2 Å². The monoisotopic (exact) mass is 257 g/mol. The number of benzene rings is 1. The largest absolute Gasteiger partial charge is 0.338 e. The molecular weight excluding hydrogens is 252 g/mol. The van der Waals surface area contributed by atoms with Gasteiger partial charge in [-0.25, -0.2) is 14.4 Å². The van der Waals surface area contributed by atoms with E-state index < -0.39 is 5.82 Å². The molecule has 0 atom stereocenters. The van der Waals surface area contributed by atoms with Gasteiger partial charge >= 0.3 is 0 Å². The summed E-state index contributed by atoms with van der Waals surface area (Å²) in [5, 5.41) is 3.33. The summed E-state index contributed by atoms with van der Waals surface area (Å²) in [4.78, 5) is 7.80. The van der Waals surface area contributed by atoms with E-state index in [2.05, 4.69) is 15.3 Å². The highest BCUT2D eigenvalue weighted by molar-refractivity contribution is 6.32. The Balaban J connectivity index is 2.30. The first kappa shape index (κ1) is 11.1. The van der Waals surface area contributed by atoms with Crippen LogP contribution in [0.4, 0.5) is 15.9 Å². The van der Waals surface area contributed by atoms with Gasteiger partial charge in [-0.05, 0) is 18.2 Å². The van der Waals surface area contributed by atoms with Crippen LogP contribution < -0.4 is 5.32 Å². The number of hydrogen-bond donors (Lipinski definition) is 1. The van der Waals surface area contributed by atoms with Gasteiger partial charge in [0.05, 0.1) is 0 Å². The molecule has 0 unspecified atom stereocenters. The van der Waals surface area contributed by atoms with Crippen molar-refractivity contribution in [2.45, 2.75) is 0 Å². The van der Waals surface area contributed by atoms with Crippen molar-refractivity contribution in [1.29, 1.82) is 0 Å². The van der Waals surface area contributed by atoms with E-state index in [-0.39, 0.29) is 5.15 Å². The molecule has 1 aromatic heterocycles. The van der Waals surface area contributed by atoms with Crippen LogP contribution in [0.2, 0.25) is 10.2 Å². The molecule has 16 heavy (non-hydrogen) atoms. The molecule has 2 rings (SSSR count). The van der Waals surface area contributed by atoms with Gasteiger partial charge in [-0.3, -0.25) is 0 Å². The first-order valence-corrected chi connectivity index (χ1v) is 5.10. The van der Waals surface area contributed by atoms with Crippen molar-refractivity contribution in [3.63, 3.8) is 0 Å². The van der Waals surface area contributed by atoms with Crippen LogP contribution in [0.3, 0.4) is 0 Å². The minimum Gasteiger partial charge on any atom is -0.338 e. The molecule has 6 heteroatoms. The second-order valence-corrected chi connectivity index (χ2v) is 3.77. The zero-order valence-electron chi connectivity index (χ0n) is 7.92. The van der Waals surface area contributed by atoms with E-state index in [9.17, 15) is 4.39 Å². The first-order chi connectivity index (χ1) is 7.65. The van der Waals surface area contributed by atoms with Crippen LogP contribution >= 0.6 is 23.2 Å². The van der Waals surface area contributed by atoms with Gasteiger partial charge in [0.2, 0.25) is 0 Å². The predicted molar refractivity (Wildman–Crippen MR) is 61.7 cm³/mol. The second-order valence-electron chi connectivity index (χ2n) is 2.98. The molecule has 0 amide bonds. The Kier molecular flexibility index (Phi) is 3.22. The van der Waals surface area contributed by atoms with E-state index in [1.165, 1.54) is 24.5 Å². The van der Waals surface area contributed by atoms with E-state index in [1.807, 2.05) is 0 Å². The lowest BCUT2D eigenvalue weighted by Gasteiger charge is -2.06. The fourth-order valence-corrected chi connectivity index (χ4v) is 1.54. The Bertz CT molecular complexity index is 499. The van der Waals surface area contributed by atoms with E-state index in [0.717, 1.165) is 0 Å². The molecule has 2 aromatic rings. The molecule has 0 aliphatic carbocycles. The fourth-order valence-electron chi connectivity index (χ4n) is 1.17. The number of halogens is 3. The van der Waals surface area contributed by atoms with Crippen molar-refractivity contribution in [2.24, 2.45) is 0 Å². The van der Waals surface area contributed by atoms with Crippen molar-refractivity contribution < 1.29 is 4.39 Å². The summed E-state index contributed by atoms with van der Waals surface area (Å²) in [6.07, 6.45) is 2.95. The zero-order valence-corrected chi connectivity index (χ0v) is 9.43. The summed E-state index contributed by atoms with van der Waals surface area (Å²) in [5.74, 6) is -0.0825. The Morgan fingerprint density at radius 1 is 1.06 bits per heavy atom. The predicted octanol–water partition coefficient (Wildman–Crippen LogP) is 3.67. The van der Waals surface area contributed by atoms with Crippen LogP contribution in [0.1, 0.15) is 0 Å². The van der Waals surface area contributed by atoms with Crippen LogP contribution in [0, 0.1) is 5.82 Å². The Morgan fingerprint density at radius 2 is 1.81 bits per heavy atom. The minimum atomic E-state index is -0.435. The lowest BCUT2D eigenvalue weighted by molar-refractivity contribution is 0.628. The third kappa shape index (κ3) is 2.59. The van der Waals surface area contributed by atoms with Crippen molar-refractivity contribution in [2.75, 3.05) is 5.32 Å². The molecule has 0 saturated heterocycles. The maximum absolute atomic E-state index is 13.0. The SMILES string of the molecule is Fc1cc(Cl)cc(Nc2nccnc2Cl)c1. The summed E-state index contributed by atoms with van der Waals surface area (Å²) in [7, 11) is 0. The standard InChI is InChI=1S/C10H6Cl2FN3/c11-6-3-7(13)5-8(4-6)16-10-9(12)14-1-2-15-10/h1-5H,(H,15,16). The van der Waals surface area contributed by atoms with Gasteiger partial charge in [0.15, 0.2) is 11.0 Å². The van der Waals surface area contributed by atoms with Gasteiger partial charge in [-0.15, -0.1) is 0 Å². The number of aromatic nitrogens is 2. The highest BCUT2D eigenvalue weighted by atomic mass is 35.5. The van der Waals surface area contributed by atoms with Crippen molar-refractivity contribution in [3.8, 4) is 0 Å². The molecule has 0 aliphatic heterocycles. The molecule has 0 bridgehead atoms. The van der Waals surface area contributed by atoms with Crippen LogP contribution in [0.15, 0.2) is 30.6 Å². The third-order valence-electron chi connectivity index (χ3n) is 1.78. The maximum atomic E-state index is 13.0. The molecular formula is C10H6Cl2FN3. The van der Waals surface area contributed by atoms with Crippen LogP contribution in [0.25, 0.3) is 0 Å². The van der Waals surface area contributed by atoms with Gasteiger partial charge in [0.25, 0.3) is 0 Å². The second kappa shape index (κ2) is 4.63. The smallest absolute Gasteiger partial charge is 0.171 e. The summed E-state index contributed by atoms with van der Waals surface area (Å²) >= 11 is 11.5. The minimum absolute atomic E-state index is 0.211. The first-order valence-electron chi connectivity index (χ1n) is 4.35. The molecule has 0 aliphatic rings. The Hall–Kier alpha value is -1.39. The molecule has 3 nitrogen and oxygen atoms in total. The maximum Gasteiger partial charge on any atom is 0.171 e. The fraction of sp³-hybridized carbons (Fsp3) is 0. The van der Waals surface area contributed by atoms with Crippen molar-refractivity contribution in [3.05, 3.63) is 46.6 Å². The lowest BCUT2D eigenvalue weighted by atomic mass is 10.3. The van der Waals surface area contributed by atoms with Gasteiger partial charge in [0.1, 0.15) is 5.82 Å². The van der Waals surface area contributed by atoms with Crippen LogP contribution in [0.5, 0.6) is 0 Å². The van der Waals surface area contributed by atoms with Gasteiger partial charge in [0, 0.05) is 23.1 Å². The van der Waals surface area contributed by atoms with E-state index in [1.54, 1.807) is 6.07 Å². The summed E-state index contributed by atoms with van der Waals surface area (Å²) in [6, 6.07) is 4.07. The molecule has 1 heterocycles. The molecule has 0 fully saturated rings. The number of hydrogen-bond acceptors (Lipinski definition) is 3. The highest BCUT2D eigenvalue weighted by Crippen LogP contribution is 2.23. The number of rotatable bonds is 2. The average Bonchev–Trinajstić information content (AvgIpc) is 2.20. The molecule has 1 N–H and O–H groups in total. The van der Waals surface area contributed by atoms with Crippen LogP contribution in [-0.4, -0.2) is 9.97 Å². The molecule has 0 spiro atoms. The van der Waals surface area contributed by atoms with Crippen molar-refractivity contribution in [1.82, 2.24) is 9.97 Å². The van der Waals surface area contributed by atoms with Crippen molar-refractivity contribution >= 4 is 34.7 Å².